The Labute approximate surface area is 220 Å². The van der Waals surface area contributed by atoms with Crippen molar-refractivity contribution in [2.24, 2.45) is 0 Å². The van der Waals surface area contributed by atoms with Gasteiger partial charge in [-0.1, -0.05) is 54.6 Å². The second-order valence-electron chi connectivity index (χ2n) is 10.1. The van der Waals surface area contributed by atoms with E-state index in [2.05, 4.69) is 12.1 Å². The van der Waals surface area contributed by atoms with Gasteiger partial charge < -0.3 is 19.7 Å². The van der Waals surface area contributed by atoms with E-state index in [9.17, 15) is 20.7 Å². The third-order valence-corrected chi connectivity index (χ3v) is 8.02. The van der Waals surface area contributed by atoms with E-state index in [1.54, 1.807) is 12.1 Å². The van der Waals surface area contributed by atoms with Gasteiger partial charge in [0.05, 0.1) is 47.7 Å². The fraction of sp³-hybridized carbons (Fsp3) is 0.290. The first kappa shape index (κ1) is 24.1. The van der Waals surface area contributed by atoms with Gasteiger partial charge in [-0.05, 0) is 37.0 Å². The fourth-order valence-corrected chi connectivity index (χ4v) is 6.31. The quantitative estimate of drug-likeness (QED) is 0.283. The van der Waals surface area contributed by atoms with Crippen molar-refractivity contribution in [3.63, 3.8) is 0 Å². The molecule has 7 heteroatoms. The predicted octanol–water partition coefficient (Wildman–Crippen LogP) is 6.04. The van der Waals surface area contributed by atoms with E-state index in [4.69, 9.17) is 9.47 Å². The van der Waals surface area contributed by atoms with Crippen LogP contribution in [0.5, 0.6) is 11.8 Å². The van der Waals surface area contributed by atoms with E-state index in [0.29, 0.717) is 61.3 Å². The first-order valence-corrected chi connectivity index (χ1v) is 12.8. The molecule has 0 aliphatic carbocycles. The topological polar surface area (TPSA) is 111 Å². The molecule has 0 saturated carbocycles. The molecule has 4 aromatic rings. The van der Waals surface area contributed by atoms with Crippen molar-refractivity contribution in [1.29, 1.82) is 10.5 Å². The normalized spacial score (nSPS) is 21.3. The van der Waals surface area contributed by atoms with Crippen molar-refractivity contribution >= 4 is 10.8 Å². The highest BCUT2D eigenvalue weighted by Crippen LogP contribution is 2.67. The van der Waals surface area contributed by atoms with Crippen LogP contribution in [0.4, 0.5) is 0 Å². The molecule has 2 aliphatic rings. The molecule has 0 spiro atoms. The zero-order valence-corrected chi connectivity index (χ0v) is 20.9. The summed E-state index contributed by atoms with van der Waals surface area (Å²) < 4.78 is 14.1. The van der Waals surface area contributed by atoms with Crippen LogP contribution in [0.3, 0.4) is 0 Å². The number of benzene rings is 3. The van der Waals surface area contributed by atoms with Crippen LogP contribution in [0.15, 0.2) is 66.7 Å². The monoisotopic (exact) mass is 505 g/mol. The van der Waals surface area contributed by atoms with Crippen molar-refractivity contribution in [3.05, 3.63) is 89.0 Å². The predicted molar refractivity (Wildman–Crippen MR) is 141 cm³/mol. The lowest BCUT2D eigenvalue weighted by atomic mass is 9.75. The lowest BCUT2D eigenvalue weighted by Gasteiger charge is -2.27. The van der Waals surface area contributed by atoms with Crippen molar-refractivity contribution in [3.8, 4) is 29.6 Å². The Hall–Kier alpha value is -4.30. The van der Waals surface area contributed by atoms with Crippen molar-refractivity contribution in [2.45, 2.75) is 49.9 Å². The van der Waals surface area contributed by atoms with Gasteiger partial charge in [0.1, 0.15) is 11.2 Å². The number of ether oxygens (including phenoxy) is 2. The van der Waals surface area contributed by atoms with Gasteiger partial charge >= 0.3 is 0 Å². The van der Waals surface area contributed by atoms with Crippen LogP contribution >= 0.6 is 0 Å². The Kier molecular flexibility index (Phi) is 5.84. The summed E-state index contributed by atoms with van der Waals surface area (Å²) in [5.41, 5.74) is 1.64. The molecular formula is C31H27N3O4. The Morgan fingerprint density at radius 1 is 0.842 bits per heavy atom. The number of aromatic nitrogens is 1. The van der Waals surface area contributed by atoms with Crippen LogP contribution < -0.4 is 0 Å². The number of hydrogen-bond acceptors (Lipinski definition) is 6. The van der Waals surface area contributed by atoms with Gasteiger partial charge in [-0.15, -0.1) is 0 Å². The van der Waals surface area contributed by atoms with E-state index in [1.165, 1.54) is 4.57 Å². The molecule has 190 valence electrons. The highest BCUT2D eigenvalue weighted by atomic mass is 16.5. The maximum Gasteiger partial charge on any atom is 0.205 e. The molecule has 0 unspecified atom stereocenters. The van der Waals surface area contributed by atoms with E-state index in [-0.39, 0.29) is 18.2 Å². The number of nitrogens with zero attached hydrogens (tertiary/aromatic N) is 3. The summed E-state index contributed by atoms with van der Waals surface area (Å²) in [4.78, 5) is 0. The van der Waals surface area contributed by atoms with Gasteiger partial charge in [0, 0.05) is 23.6 Å². The zero-order valence-electron chi connectivity index (χ0n) is 20.9. The molecule has 1 aromatic heterocycles. The summed E-state index contributed by atoms with van der Waals surface area (Å²) in [5, 5.41) is 43.7. The molecule has 0 radical (unpaired) electrons. The number of rotatable bonds is 8. The SMILES string of the molecule is N#CCC[C@]12CC[C@](CCOCc3ccccc3)(O1)c1c2c(O)n(-c2ccc(C#N)c3ccccc23)c1O. The maximum absolute atomic E-state index is 11.7. The fourth-order valence-electron chi connectivity index (χ4n) is 6.31. The van der Waals surface area contributed by atoms with Crippen molar-refractivity contribution in [1.82, 2.24) is 4.57 Å². The van der Waals surface area contributed by atoms with Gasteiger partial charge in [0.2, 0.25) is 11.8 Å². The number of nitriles is 2. The summed E-state index contributed by atoms with van der Waals surface area (Å²) in [5.74, 6) is -0.161. The lowest BCUT2D eigenvalue weighted by molar-refractivity contribution is -0.105. The minimum Gasteiger partial charge on any atom is -0.494 e. The van der Waals surface area contributed by atoms with Crippen LogP contribution in [0.1, 0.15) is 54.4 Å². The molecule has 2 aliphatic heterocycles. The standard InChI is InChI=1S/C31H27N3O4/c32-17-6-13-30-14-15-31(38-30,16-18-37-20-21-7-2-1-3-8-21)27-26(30)28(35)34(29(27)36)25-12-11-22(19-33)23-9-4-5-10-24(23)25/h1-5,7-12,35-36H,6,13-16,18,20H2/t30-,31-/m1/s1. The summed E-state index contributed by atoms with van der Waals surface area (Å²) in [6.45, 7) is 0.882. The molecule has 2 bridgehead atoms. The highest BCUT2D eigenvalue weighted by molar-refractivity contribution is 5.95. The zero-order chi connectivity index (χ0) is 26.3. The second kappa shape index (κ2) is 9.22. The molecule has 3 heterocycles. The molecule has 6 rings (SSSR count). The molecule has 38 heavy (non-hydrogen) atoms. The Morgan fingerprint density at radius 3 is 2.18 bits per heavy atom. The van der Waals surface area contributed by atoms with Gasteiger partial charge in [0.15, 0.2) is 0 Å². The molecule has 3 aromatic carbocycles. The van der Waals surface area contributed by atoms with E-state index in [1.807, 2.05) is 54.6 Å². The van der Waals surface area contributed by atoms with Gasteiger partial charge in [-0.2, -0.15) is 10.5 Å². The van der Waals surface area contributed by atoms with Crippen molar-refractivity contribution in [2.75, 3.05) is 6.61 Å². The first-order valence-electron chi connectivity index (χ1n) is 12.8. The van der Waals surface area contributed by atoms with E-state index >= 15 is 0 Å². The Balaban J connectivity index is 1.42. The molecule has 1 saturated heterocycles. The smallest absolute Gasteiger partial charge is 0.205 e. The van der Waals surface area contributed by atoms with Crippen LogP contribution in [0.2, 0.25) is 0 Å². The summed E-state index contributed by atoms with van der Waals surface area (Å²) in [6.07, 6.45) is 2.50. The minimum atomic E-state index is -0.848. The molecule has 7 nitrogen and oxygen atoms in total. The van der Waals surface area contributed by atoms with Crippen LogP contribution in [0, 0.1) is 22.7 Å². The van der Waals surface area contributed by atoms with Crippen LogP contribution in [-0.2, 0) is 27.3 Å². The summed E-state index contributed by atoms with van der Waals surface area (Å²) in [7, 11) is 0. The highest BCUT2D eigenvalue weighted by Gasteiger charge is 2.63. The number of fused-ring (bicyclic) bond motifs is 6. The minimum absolute atomic E-state index is 0.0750. The molecule has 0 amide bonds. The molecule has 2 atom stereocenters. The third kappa shape index (κ3) is 3.55. The second-order valence-corrected chi connectivity index (χ2v) is 10.1. The van der Waals surface area contributed by atoms with Gasteiger partial charge in [0.25, 0.3) is 0 Å². The summed E-state index contributed by atoms with van der Waals surface area (Å²) >= 11 is 0. The molecule has 2 N–H and O–H groups in total. The average molecular weight is 506 g/mol. The third-order valence-electron chi connectivity index (χ3n) is 8.02. The van der Waals surface area contributed by atoms with Gasteiger partial charge in [-0.3, -0.25) is 4.57 Å². The maximum atomic E-state index is 11.7. The summed E-state index contributed by atoms with van der Waals surface area (Å²) in [6, 6.07) is 25.3. The molecular weight excluding hydrogens is 478 g/mol. The van der Waals surface area contributed by atoms with E-state index < -0.39 is 11.2 Å². The van der Waals surface area contributed by atoms with E-state index in [0.717, 1.165) is 16.3 Å². The molecule has 1 fully saturated rings. The Morgan fingerprint density at radius 2 is 1.50 bits per heavy atom. The largest absolute Gasteiger partial charge is 0.494 e. The first-order chi connectivity index (χ1) is 18.5. The van der Waals surface area contributed by atoms with Crippen LogP contribution in [0.25, 0.3) is 16.5 Å². The van der Waals surface area contributed by atoms with Crippen molar-refractivity contribution < 1.29 is 19.7 Å². The van der Waals surface area contributed by atoms with Crippen LogP contribution in [-0.4, -0.2) is 21.4 Å². The number of aromatic hydroxyl groups is 2. The van der Waals surface area contributed by atoms with Gasteiger partial charge in [-0.25, -0.2) is 0 Å². The Bertz CT molecular complexity index is 1610. The lowest BCUT2D eigenvalue weighted by Crippen LogP contribution is -2.25. The number of hydrogen-bond donors (Lipinski definition) is 2. The average Bonchev–Trinajstić information content (AvgIpc) is 3.56.